The number of nitrogens with zero attached hydrogens (tertiary/aromatic N) is 1. The monoisotopic (exact) mass is 387 g/mol. The Labute approximate surface area is 169 Å². The number of carbonyl (C=O) groups is 3. The Balaban J connectivity index is 1.93. The Bertz CT molecular complexity index is 976. The molecule has 0 aromatic heterocycles. The van der Waals surface area contributed by atoms with Crippen LogP contribution in [0.15, 0.2) is 78.9 Å². The van der Waals surface area contributed by atoms with Gasteiger partial charge in [0.25, 0.3) is 5.91 Å². The molecule has 5 heteroatoms. The molecule has 0 fully saturated rings. The number of aldehydes is 1. The van der Waals surface area contributed by atoms with Gasteiger partial charge in [0.2, 0.25) is 0 Å². The van der Waals surface area contributed by atoms with Crippen LogP contribution in [0.4, 0.5) is 0 Å². The quantitative estimate of drug-likeness (QED) is 0.620. The van der Waals surface area contributed by atoms with Gasteiger partial charge in [0.1, 0.15) is 0 Å². The van der Waals surface area contributed by atoms with Gasteiger partial charge in [-0.1, -0.05) is 66.7 Å². The van der Waals surface area contributed by atoms with E-state index in [4.69, 9.17) is 0 Å². The minimum absolute atomic E-state index is 0.0324. The van der Waals surface area contributed by atoms with Gasteiger partial charge in [0, 0.05) is 25.1 Å². The lowest BCUT2D eigenvalue weighted by Gasteiger charge is -2.26. The normalized spacial score (nSPS) is 10.6. The molecule has 1 amide bonds. The number of benzene rings is 3. The molecule has 3 rings (SSSR count). The van der Waals surface area contributed by atoms with Crippen molar-refractivity contribution in [3.63, 3.8) is 0 Å². The Morgan fingerprint density at radius 3 is 1.97 bits per heavy atom. The molecule has 0 saturated carbocycles. The zero-order valence-electron chi connectivity index (χ0n) is 16.0. The summed E-state index contributed by atoms with van der Waals surface area (Å²) in [6.07, 6.45) is 0.568. The van der Waals surface area contributed by atoms with Crippen LogP contribution in [-0.2, 0) is 0 Å². The molecule has 0 aliphatic rings. The predicted octanol–water partition coefficient (Wildman–Crippen LogP) is 4.10. The van der Waals surface area contributed by atoms with Gasteiger partial charge in [-0.2, -0.15) is 0 Å². The summed E-state index contributed by atoms with van der Waals surface area (Å²) in [4.78, 5) is 37.3. The summed E-state index contributed by atoms with van der Waals surface area (Å²) >= 11 is 0. The van der Waals surface area contributed by atoms with Crippen molar-refractivity contribution in [2.24, 2.45) is 0 Å². The first-order valence-electron chi connectivity index (χ1n) is 9.19. The number of hydrogen-bond donors (Lipinski definition) is 1. The molecule has 1 N–H and O–H groups in total. The second kappa shape index (κ2) is 8.97. The number of amides is 1. The lowest BCUT2D eigenvalue weighted by molar-refractivity contribution is 0.0696. The summed E-state index contributed by atoms with van der Waals surface area (Å²) in [7, 11) is 1.66. The summed E-state index contributed by atoms with van der Waals surface area (Å²) in [5.74, 6) is -1.61. The molecule has 0 atom stereocenters. The van der Waals surface area contributed by atoms with Gasteiger partial charge in [-0.3, -0.25) is 9.59 Å². The minimum atomic E-state index is -1.15. The topological polar surface area (TPSA) is 74.7 Å². The standard InChI is InChI=1S/C24H21NO4/c1-25(23(27)21-14-19(24(28)29)12-13-20(21)16-26)15-22(17-8-4-2-5-9-17)18-10-6-3-7-11-18/h2-14,16,22H,15H2,1H3,(H,28,29). The third-order valence-corrected chi connectivity index (χ3v) is 4.86. The summed E-state index contributed by atoms with van der Waals surface area (Å²) in [6.45, 7) is 0.377. The van der Waals surface area contributed by atoms with Crippen LogP contribution in [0, 0.1) is 0 Å². The summed E-state index contributed by atoms with van der Waals surface area (Å²) in [5.41, 5.74) is 2.35. The summed E-state index contributed by atoms with van der Waals surface area (Å²) in [5, 5.41) is 9.22. The van der Waals surface area contributed by atoms with Crippen molar-refractivity contribution in [1.29, 1.82) is 0 Å². The van der Waals surface area contributed by atoms with Crippen LogP contribution in [-0.4, -0.2) is 41.8 Å². The second-order valence-electron chi connectivity index (χ2n) is 6.78. The van der Waals surface area contributed by atoms with Crippen LogP contribution in [0.1, 0.15) is 48.1 Å². The Kier molecular flexibility index (Phi) is 6.19. The summed E-state index contributed by atoms with van der Waals surface area (Å²) in [6, 6.07) is 23.7. The third-order valence-electron chi connectivity index (χ3n) is 4.86. The zero-order chi connectivity index (χ0) is 20.8. The van der Waals surface area contributed by atoms with Crippen LogP contribution in [0.2, 0.25) is 0 Å². The maximum Gasteiger partial charge on any atom is 0.335 e. The maximum atomic E-state index is 13.1. The predicted molar refractivity (Wildman–Crippen MR) is 110 cm³/mol. The van der Waals surface area contributed by atoms with Crippen molar-refractivity contribution in [1.82, 2.24) is 4.90 Å². The molecule has 0 aliphatic carbocycles. The Morgan fingerprint density at radius 2 is 1.48 bits per heavy atom. The molecule has 3 aromatic carbocycles. The first-order valence-corrected chi connectivity index (χ1v) is 9.19. The van der Waals surface area contributed by atoms with Crippen LogP contribution < -0.4 is 0 Å². The molecule has 5 nitrogen and oxygen atoms in total. The SMILES string of the molecule is CN(CC(c1ccccc1)c1ccccc1)C(=O)c1cc(C(=O)O)ccc1C=O. The molecule has 0 heterocycles. The van der Waals surface area contributed by atoms with E-state index >= 15 is 0 Å². The molecular weight excluding hydrogens is 366 g/mol. The van der Waals surface area contributed by atoms with E-state index < -0.39 is 11.9 Å². The van der Waals surface area contributed by atoms with Crippen molar-refractivity contribution in [3.8, 4) is 0 Å². The smallest absolute Gasteiger partial charge is 0.335 e. The number of likely N-dealkylation sites (N-methyl/N-ethyl adjacent to an activating group) is 1. The molecule has 0 unspecified atom stereocenters. The van der Waals surface area contributed by atoms with E-state index in [0.29, 0.717) is 12.8 Å². The number of rotatable bonds is 7. The fraction of sp³-hybridized carbons (Fsp3) is 0.125. The highest BCUT2D eigenvalue weighted by Gasteiger charge is 2.22. The zero-order valence-corrected chi connectivity index (χ0v) is 16.0. The van der Waals surface area contributed by atoms with Crippen LogP contribution in [0.25, 0.3) is 0 Å². The molecule has 0 spiro atoms. The van der Waals surface area contributed by atoms with Crippen molar-refractivity contribution in [3.05, 3.63) is 107 Å². The van der Waals surface area contributed by atoms with Gasteiger partial charge in [-0.15, -0.1) is 0 Å². The van der Waals surface area contributed by atoms with E-state index in [2.05, 4.69) is 0 Å². The van der Waals surface area contributed by atoms with Crippen molar-refractivity contribution >= 4 is 18.2 Å². The first-order chi connectivity index (χ1) is 14.0. The van der Waals surface area contributed by atoms with Gasteiger partial charge in [0.05, 0.1) is 11.1 Å². The first kappa shape index (κ1) is 20.0. The van der Waals surface area contributed by atoms with E-state index in [-0.39, 0.29) is 22.6 Å². The van der Waals surface area contributed by atoms with Gasteiger partial charge >= 0.3 is 5.97 Å². The van der Waals surface area contributed by atoms with Gasteiger partial charge in [-0.05, 0) is 23.3 Å². The van der Waals surface area contributed by atoms with Gasteiger partial charge in [-0.25, -0.2) is 4.79 Å². The number of aromatic carboxylic acids is 1. The number of carboxylic acids is 1. The average Bonchev–Trinajstić information content (AvgIpc) is 2.77. The van der Waals surface area contributed by atoms with Crippen LogP contribution in [0.3, 0.4) is 0 Å². The summed E-state index contributed by atoms with van der Waals surface area (Å²) < 4.78 is 0. The molecule has 0 radical (unpaired) electrons. The minimum Gasteiger partial charge on any atom is -0.478 e. The lowest BCUT2D eigenvalue weighted by Crippen LogP contribution is -2.32. The molecular formula is C24H21NO4. The number of hydrogen-bond acceptors (Lipinski definition) is 3. The molecule has 0 bridgehead atoms. The maximum absolute atomic E-state index is 13.1. The third kappa shape index (κ3) is 4.58. The van der Waals surface area contributed by atoms with Crippen LogP contribution >= 0.6 is 0 Å². The van der Waals surface area contributed by atoms with Gasteiger partial charge in [0.15, 0.2) is 6.29 Å². The molecule has 146 valence electrons. The van der Waals surface area contributed by atoms with Crippen molar-refractivity contribution in [2.45, 2.75) is 5.92 Å². The highest BCUT2D eigenvalue weighted by atomic mass is 16.4. The van der Waals surface area contributed by atoms with E-state index in [0.717, 1.165) is 11.1 Å². The molecule has 3 aromatic rings. The second-order valence-corrected chi connectivity index (χ2v) is 6.78. The van der Waals surface area contributed by atoms with Crippen molar-refractivity contribution < 1.29 is 19.5 Å². The van der Waals surface area contributed by atoms with E-state index in [1.165, 1.54) is 23.1 Å². The van der Waals surface area contributed by atoms with E-state index in [1.54, 1.807) is 7.05 Å². The lowest BCUT2D eigenvalue weighted by atomic mass is 9.90. The Morgan fingerprint density at radius 1 is 0.931 bits per heavy atom. The largest absolute Gasteiger partial charge is 0.478 e. The molecule has 0 saturated heterocycles. The highest BCUT2D eigenvalue weighted by Crippen LogP contribution is 2.26. The number of carbonyl (C=O) groups excluding carboxylic acids is 2. The fourth-order valence-electron chi connectivity index (χ4n) is 3.31. The molecule has 29 heavy (non-hydrogen) atoms. The molecule has 0 aliphatic heterocycles. The van der Waals surface area contributed by atoms with Crippen molar-refractivity contribution in [2.75, 3.05) is 13.6 Å². The fourth-order valence-corrected chi connectivity index (χ4v) is 3.31. The van der Waals surface area contributed by atoms with E-state index in [9.17, 15) is 19.5 Å². The van der Waals surface area contributed by atoms with E-state index in [1.807, 2.05) is 60.7 Å². The highest BCUT2D eigenvalue weighted by molar-refractivity contribution is 6.03. The van der Waals surface area contributed by atoms with Gasteiger partial charge < -0.3 is 10.0 Å². The Hall–Kier alpha value is -3.73. The van der Waals surface area contributed by atoms with Crippen LogP contribution in [0.5, 0.6) is 0 Å². The average molecular weight is 387 g/mol. The number of carboxylic acid groups (broad SMARTS) is 1.